The lowest BCUT2D eigenvalue weighted by atomic mass is 9.99. The molecule has 1 heterocycles. The van der Waals surface area contributed by atoms with Gasteiger partial charge in [-0.05, 0) is 70.6 Å². The molecule has 0 aromatic carbocycles. The van der Waals surface area contributed by atoms with E-state index in [1.54, 1.807) is 0 Å². The second-order valence-electron chi connectivity index (χ2n) is 19.0. The van der Waals surface area contributed by atoms with Crippen LogP contribution >= 0.6 is 0 Å². The van der Waals surface area contributed by atoms with E-state index in [0.717, 1.165) is 89.9 Å². The summed E-state index contributed by atoms with van der Waals surface area (Å²) in [6, 6.07) is -0.743. The van der Waals surface area contributed by atoms with Crippen molar-refractivity contribution in [3.63, 3.8) is 0 Å². The highest BCUT2D eigenvalue weighted by atomic mass is 16.7. The molecule has 1 aliphatic rings. The number of nitrogens with one attached hydrogen (secondary N) is 1. The van der Waals surface area contributed by atoms with Crippen molar-refractivity contribution in [2.24, 2.45) is 0 Å². The molecule has 0 aromatic rings. The van der Waals surface area contributed by atoms with Gasteiger partial charge in [0.25, 0.3) is 0 Å². The number of hydrogen-bond donors (Lipinski definition) is 6. The predicted octanol–water partition coefficient (Wildman–Crippen LogP) is 13.5. The molecule has 9 nitrogen and oxygen atoms in total. The van der Waals surface area contributed by atoms with Gasteiger partial charge in [-0.25, -0.2) is 0 Å². The van der Waals surface area contributed by atoms with Gasteiger partial charge in [0.15, 0.2) is 6.29 Å². The van der Waals surface area contributed by atoms with Gasteiger partial charge in [0.05, 0.1) is 25.4 Å². The van der Waals surface area contributed by atoms with Gasteiger partial charge in [-0.2, -0.15) is 0 Å². The van der Waals surface area contributed by atoms with Crippen molar-refractivity contribution >= 4 is 5.91 Å². The normalized spacial score (nSPS) is 20.2. The van der Waals surface area contributed by atoms with Crippen molar-refractivity contribution < 1.29 is 39.8 Å². The maximum Gasteiger partial charge on any atom is 0.220 e. The number of rotatable bonds is 46. The molecule has 392 valence electrons. The number of aliphatic hydroxyl groups is 5. The minimum atomic E-state index is -1.57. The van der Waals surface area contributed by atoms with Crippen molar-refractivity contribution in [1.82, 2.24) is 5.32 Å². The van der Waals surface area contributed by atoms with Crippen LogP contribution < -0.4 is 5.32 Å². The second-order valence-corrected chi connectivity index (χ2v) is 19.0. The van der Waals surface area contributed by atoms with Crippen LogP contribution in [-0.2, 0) is 14.3 Å². The van der Waals surface area contributed by atoms with Gasteiger partial charge >= 0.3 is 0 Å². The summed E-state index contributed by atoms with van der Waals surface area (Å²) in [5.74, 6) is -0.178. The molecule has 0 spiro atoms. The Balaban J connectivity index is 2.28. The number of allylic oxidation sites excluding steroid dienone is 14. The molecule has 1 rings (SSSR count). The smallest absolute Gasteiger partial charge is 0.220 e. The number of ether oxygens (including phenoxy) is 2. The van der Waals surface area contributed by atoms with Gasteiger partial charge in [-0.15, -0.1) is 0 Å². The molecule has 7 unspecified atom stereocenters. The second kappa shape index (κ2) is 48.0. The number of hydrogen-bond acceptors (Lipinski definition) is 8. The Morgan fingerprint density at radius 2 is 0.912 bits per heavy atom. The van der Waals surface area contributed by atoms with E-state index in [-0.39, 0.29) is 12.5 Å². The Morgan fingerprint density at radius 3 is 1.34 bits per heavy atom. The van der Waals surface area contributed by atoms with Crippen molar-refractivity contribution in [2.75, 3.05) is 13.2 Å². The number of aliphatic hydroxyl groups excluding tert-OH is 5. The molecule has 7 atom stereocenters. The molecule has 6 N–H and O–H groups in total. The molecular formula is C59H103NO8. The highest BCUT2D eigenvalue weighted by Gasteiger charge is 2.44. The van der Waals surface area contributed by atoms with E-state index in [2.05, 4.69) is 104 Å². The van der Waals surface area contributed by atoms with Crippen molar-refractivity contribution in [1.29, 1.82) is 0 Å². The third-order valence-corrected chi connectivity index (χ3v) is 12.8. The summed E-state index contributed by atoms with van der Waals surface area (Å²) in [5.41, 5.74) is 0. The van der Waals surface area contributed by atoms with E-state index in [9.17, 15) is 30.3 Å². The summed E-state index contributed by atoms with van der Waals surface area (Å²) < 4.78 is 11.3. The first-order valence-corrected chi connectivity index (χ1v) is 27.8. The van der Waals surface area contributed by atoms with Crippen LogP contribution in [0.25, 0.3) is 0 Å². The van der Waals surface area contributed by atoms with Crippen molar-refractivity contribution in [3.05, 3.63) is 85.1 Å². The molecular weight excluding hydrogens is 851 g/mol. The molecule has 0 radical (unpaired) electrons. The number of carbonyl (C=O) groups is 1. The van der Waals surface area contributed by atoms with Crippen LogP contribution in [0.1, 0.15) is 226 Å². The molecule has 1 saturated heterocycles. The third kappa shape index (κ3) is 37.2. The molecule has 9 heteroatoms. The first kappa shape index (κ1) is 63.4. The minimum Gasteiger partial charge on any atom is -0.394 e. The van der Waals surface area contributed by atoms with Crippen molar-refractivity contribution in [3.8, 4) is 0 Å². The van der Waals surface area contributed by atoms with Crippen LogP contribution in [0.3, 0.4) is 0 Å². The SMILES string of the molecule is CC/C=C\C/C=C\C/C=C\C/C=C\C/C=C\C/C=C\C/C=C\CCCCCC(=O)NC(COC1OC(CO)C(O)C(O)C1O)C(O)CCCCCCCCCCCCCCCCCCCCCC. The summed E-state index contributed by atoms with van der Waals surface area (Å²) >= 11 is 0. The quantitative estimate of drug-likeness (QED) is 0.0261. The van der Waals surface area contributed by atoms with Crippen LogP contribution in [0.15, 0.2) is 85.1 Å². The predicted molar refractivity (Wildman–Crippen MR) is 285 cm³/mol. The minimum absolute atomic E-state index is 0.156. The zero-order chi connectivity index (χ0) is 49.4. The summed E-state index contributed by atoms with van der Waals surface area (Å²) in [5, 5.41) is 54.6. The fraction of sp³-hybridized carbons (Fsp3) is 0.746. The molecule has 68 heavy (non-hydrogen) atoms. The molecule has 1 aliphatic heterocycles. The first-order chi connectivity index (χ1) is 33.3. The lowest BCUT2D eigenvalue weighted by molar-refractivity contribution is -0.302. The monoisotopic (exact) mass is 954 g/mol. The highest BCUT2D eigenvalue weighted by molar-refractivity contribution is 5.76. The van der Waals surface area contributed by atoms with E-state index in [0.29, 0.717) is 12.8 Å². The summed E-state index contributed by atoms with van der Waals surface area (Å²) in [4.78, 5) is 13.1. The molecule has 0 bridgehead atoms. The summed E-state index contributed by atoms with van der Waals surface area (Å²) in [7, 11) is 0. The van der Waals surface area contributed by atoms with E-state index in [1.165, 1.54) is 109 Å². The lowest BCUT2D eigenvalue weighted by Crippen LogP contribution is -2.60. The Labute approximate surface area is 416 Å². The number of carbonyl (C=O) groups excluding carboxylic acids is 1. The molecule has 0 aliphatic carbocycles. The lowest BCUT2D eigenvalue weighted by Gasteiger charge is -2.40. The van der Waals surface area contributed by atoms with Gasteiger partial charge in [-0.3, -0.25) is 4.79 Å². The van der Waals surface area contributed by atoms with Gasteiger partial charge in [0.2, 0.25) is 5.91 Å². The fourth-order valence-electron chi connectivity index (χ4n) is 8.38. The van der Waals surface area contributed by atoms with E-state index in [1.807, 2.05) is 0 Å². The Hall–Kier alpha value is -2.63. The number of unbranched alkanes of at least 4 members (excludes halogenated alkanes) is 22. The van der Waals surface area contributed by atoms with Crippen molar-refractivity contribution in [2.45, 2.75) is 269 Å². The third-order valence-electron chi connectivity index (χ3n) is 12.8. The van der Waals surface area contributed by atoms with E-state index in [4.69, 9.17) is 9.47 Å². The van der Waals surface area contributed by atoms with Crippen LogP contribution in [-0.4, -0.2) is 87.5 Å². The van der Waals surface area contributed by atoms with Gasteiger partial charge < -0.3 is 40.3 Å². The average molecular weight is 954 g/mol. The highest BCUT2D eigenvalue weighted by Crippen LogP contribution is 2.23. The van der Waals surface area contributed by atoms with Gasteiger partial charge in [-0.1, -0.05) is 234 Å². The molecule has 1 fully saturated rings. The topological polar surface area (TPSA) is 149 Å². The van der Waals surface area contributed by atoms with E-state index >= 15 is 0 Å². The maximum absolute atomic E-state index is 13.1. The zero-order valence-electron chi connectivity index (χ0n) is 43.3. The van der Waals surface area contributed by atoms with E-state index < -0.39 is 49.5 Å². The molecule has 1 amide bonds. The maximum atomic E-state index is 13.1. The standard InChI is InChI=1S/C59H103NO8/c1-3-5-7-9-11-13-15-17-19-21-23-25-26-27-28-29-31-33-35-37-39-41-43-45-47-49-55(63)60-52(51-67-59-58(66)57(65)56(64)54(50-61)68-59)53(62)48-46-44-42-40-38-36-34-32-30-24-22-20-18-16-14-12-10-8-6-4-2/h5,7,11,13,17,19,23,25,27-28,31,33,37,39,52-54,56-59,61-62,64-66H,3-4,6,8-10,12,14-16,18,20-22,24,26,29-30,32,34-36,38,40-51H2,1-2H3,(H,60,63)/b7-5-,13-11-,19-17-,25-23-,28-27-,33-31-,39-37-. The largest absolute Gasteiger partial charge is 0.394 e. The van der Waals surface area contributed by atoms with Gasteiger partial charge in [0.1, 0.15) is 24.4 Å². The Bertz CT molecular complexity index is 1340. The Kier molecular flexibility index (Phi) is 44.8. The fourth-order valence-corrected chi connectivity index (χ4v) is 8.38. The van der Waals surface area contributed by atoms with Crippen LogP contribution in [0.4, 0.5) is 0 Å². The van der Waals surface area contributed by atoms with Crippen LogP contribution in [0.5, 0.6) is 0 Å². The van der Waals surface area contributed by atoms with Crippen LogP contribution in [0, 0.1) is 0 Å². The zero-order valence-corrected chi connectivity index (χ0v) is 43.3. The summed E-state index contributed by atoms with van der Waals surface area (Å²) in [6.45, 7) is 3.71. The molecule has 0 saturated carbocycles. The average Bonchev–Trinajstić information content (AvgIpc) is 3.34. The van der Waals surface area contributed by atoms with Crippen LogP contribution in [0.2, 0.25) is 0 Å². The number of amides is 1. The first-order valence-electron chi connectivity index (χ1n) is 27.8. The summed E-state index contributed by atoms with van der Waals surface area (Å²) in [6.07, 6.45) is 60.2. The molecule has 0 aromatic heterocycles. The Morgan fingerprint density at radius 1 is 0.515 bits per heavy atom. The van der Waals surface area contributed by atoms with Gasteiger partial charge in [0, 0.05) is 6.42 Å².